The van der Waals surface area contributed by atoms with Gasteiger partial charge in [0.05, 0.1) is 17.8 Å². The van der Waals surface area contributed by atoms with E-state index in [9.17, 15) is 19.5 Å². The second-order valence-electron chi connectivity index (χ2n) is 5.76. The number of carboxylic acid groups (broad SMARTS) is 1. The lowest BCUT2D eigenvalue weighted by Crippen LogP contribution is -2.31. The van der Waals surface area contributed by atoms with Crippen molar-refractivity contribution in [2.75, 3.05) is 0 Å². The average Bonchev–Trinajstić information content (AvgIpc) is 2.84. The summed E-state index contributed by atoms with van der Waals surface area (Å²) >= 11 is 0.991. The number of nitrogens with zero attached hydrogens (tertiary/aromatic N) is 2. The second kappa shape index (κ2) is 7.06. The van der Waals surface area contributed by atoms with E-state index in [2.05, 4.69) is 4.98 Å². The molecule has 1 aromatic heterocycles. The molecule has 128 valence electrons. The molecule has 7 heteroatoms. The van der Waals surface area contributed by atoms with Crippen molar-refractivity contribution < 1.29 is 19.5 Å². The molecule has 1 aliphatic rings. The average molecular weight is 355 g/mol. The van der Waals surface area contributed by atoms with Gasteiger partial charge in [-0.15, -0.1) is 0 Å². The Kier molecular flexibility index (Phi) is 4.85. The Morgan fingerprint density at radius 1 is 1.28 bits per heavy atom. The van der Waals surface area contributed by atoms with E-state index in [0.717, 1.165) is 22.9 Å². The van der Waals surface area contributed by atoms with Crippen LogP contribution >= 0.6 is 11.8 Å². The van der Waals surface area contributed by atoms with Crippen molar-refractivity contribution >= 4 is 29.5 Å². The third kappa shape index (κ3) is 3.71. The largest absolute Gasteiger partial charge is 0.545 e. The molecule has 1 fully saturated rings. The van der Waals surface area contributed by atoms with Crippen LogP contribution in [0.15, 0.2) is 47.6 Å². The number of hydrogen-bond donors (Lipinski definition) is 0. The van der Waals surface area contributed by atoms with E-state index < -0.39 is 11.2 Å². The lowest BCUT2D eigenvalue weighted by atomic mass is 10.1. The summed E-state index contributed by atoms with van der Waals surface area (Å²) in [6, 6.07) is 10.5. The molecule has 0 bridgehead atoms. The highest BCUT2D eigenvalue weighted by molar-refractivity contribution is 8.00. The summed E-state index contributed by atoms with van der Waals surface area (Å²) in [5.41, 5.74) is 1.89. The van der Waals surface area contributed by atoms with Crippen LogP contribution < -0.4 is 5.11 Å². The number of aromatic carboxylic acids is 1. The topological polar surface area (TPSA) is 90.4 Å². The number of benzene rings is 1. The van der Waals surface area contributed by atoms with Crippen molar-refractivity contribution in [3.8, 4) is 0 Å². The van der Waals surface area contributed by atoms with Gasteiger partial charge in [0, 0.05) is 18.2 Å². The summed E-state index contributed by atoms with van der Waals surface area (Å²) in [6.45, 7) is 2.18. The number of likely N-dealkylation sites (tertiary alicyclic amines) is 1. The summed E-state index contributed by atoms with van der Waals surface area (Å²) in [5.74, 6) is -1.96. The maximum Gasteiger partial charge on any atom is 0.243 e. The molecule has 1 saturated heterocycles. The van der Waals surface area contributed by atoms with Crippen LogP contribution in [0.4, 0.5) is 0 Å². The third-order valence-electron chi connectivity index (χ3n) is 3.91. The van der Waals surface area contributed by atoms with Gasteiger partial charge in [-0.05, 0) is 24.6 Å². The van der Waals surface area contributed by atoms with E-state index >= 15 is 0 Å². The van der Waals surface area contributed by atoms with Gasteiger partial charge in [0.25, 0.3) is 0 Å². The fraction of sp³-hybridized carbons (Fsp3) is 0.222. The van der Waals surface area contributed by atoms with Crippen LogP contribution in [0.1, 0.15) is 27.9 Å². The van der Waals surface area contributed by atoms with Crippen LogP contribution in [0.25, 0.3) is 0 Å². The lowest BCUT2D eigenvalue weighted by Gasteiger charge is -2.15. The number of hydrogen-bond acceptors (Lipinski definition) is 6. The summed E-state index contributed by atoms with van der Waals surface area (Å²) in [4.78, 5) is 41.1. The van der Waals surface area contributed by atoms with Gasteiger partial charge in [-0.3, -0.25) is 14.5 Å². The lowest BCUT2D eigenvalue weighted by molar-refractivity contribution is -0.255. The molecule has 2 heterocycles. The Labute approximate surface area is 148 Å². The number of carbonyl (C=O) groups excluding carboxylic acids is 3. The number of imide groups is 1. The van der Waals surface area contributed by atoms with Crippen molar-refractivity contribution in [1.29, 1.82) is 0 Å². The van der Waals surface area contributed by atoms with Crippen molar-refractivity contribution in [3.05, 3.63) is 59.3 Å². The molecule has 0 aliphatic carbocycles. The first-order chi connectivity index (χ1) is 12.0. The molecule has 1 atom stereocenters. The van der Waals surface area contributed by atoms with Crippen LogP contribution in [-0.2, 0) is 16.1 Å². The Morgan fingerprint density at radius 3 is 2.68 bits per heavy atom. The van der Waals surface area contributed by atoms with Crippen LogP contribution in [-0.4, -0.2) is 32.9 Å². The molecule has 1 aromatic carbocycles. The SMILES string of the molecule is Cc1ccc(CN2C(=O)C[C@H](Sc3ncccc3C(=O)[O-])C2=O)cc1. The number of carbonyl (C=O) groups is 3. The summed E-state index contributed by atoms with van der Waals surface area (Å²) in [6.07, 6.45) is 1.47. The first kappa shape index (κ1) is 17.2. The highest BCUT2D eigenvalue weighted by Crippen LogP contribution is 2.32. The molecule has 2 aromatic rings. The minimum absolute atomic E-state index is 0.0262. The maximum atomic E-state index is 12.6. The molecule has 0 radical (unpaired) electrons. The maximum absolute atomic E-state index is 12.6. The van der Waals surface area contributed by atoms with E-state index in [-0.39, 0.29) is 35.4 Å². The zero-order valence-corrected chi connectivity index (χ0v) is 14.3. The van der Waals surface area contributed by atoms with Crippen LogP contribution in [0, 0.1) is 6.92 Å². The molecule has 0 N–H and O–H groups in total. The quantitative estimate of drug-likeness (QED) is 0.748. The van der Waals surface area contributed by atoms with Crippen LogP contribution in [0.3, 0.4) is 0 Å². The first-order valence-electron chi connectivity index (χ1n) is 7.68. The van der Waals surface area contributed by atoms with E-state index in [4.69, 9.17) is 0 Å². The normalized spacial score (nSPS) is 17.2. The third-order valence-corrected chi connectivity index (χ3v) is 5.11. The number of thioether (sulfide) groups is 1. The van der Waals surface area contributed by atoms with Gasteiger partial charge in [0.2, 0.25) is 11.8 Å². The molecule has 3 rings (SSSR count). The number of pyridine rings is 1. The fourth-order valence-electron chi connectivity index (χ4n) is 2.56. The molecule has 6 nitrogen and oxygen atoms in total. The Morgan fingerprint density at radius 2 is 2.00 bits per heavy atom. The number of amides is 2. The molecule has 2 amide bonds. The first-order valence-corrected chi connectivity index (χ1v) is 8.56. The van der Waals surface area contributed by atoms with Gasteiger partial charge in [-0.25, -0.2) is 4.98 Å². The molecular weight excluding hydrogens is 340 g/mol. The van der Waals surface area contributed by atoms with Crippen LogP contribution in [0.5, 0.6) is 0 Å². The molecule has 1 aliphatic heterocycles. The van der Waals surface area contributed by atoms with Gasteiger partial charge >= 0.3 is 0 Å². The van der Waals surface area contributed by atoms with Crippen molar-refractivity contribution in [2.24, 2.45) is 0 Å². The summed E-state index contributed by atoms with van der Waals surface area (Å²) in [5, 5.41) is 10.7. The monoisotopic (exact) mass is 355 g/mol. The van der Waals surface area contributed by atoms with Gasteiger partial charge in [0.1, 0.15) is 5.03 Å². The molecule has 0 spiro atoms. The predicted molar refractivity (Wildman–Crippen MR) is 89.6 cm³/mol. The van der Waals surface area contributed by atoms with Crippen molar-refractivity contribution in [2.45, 2.75) is 30.2 Å². The van der Waals surface area contributed by atoms with Crippen molar-refractivity contribution in [1.82, 2.24) is 9.88 Å². The summed E-state index contributed by atoms with van der Waals surface area (Å²) in [7, 11) is 0. The van der Waals surface area contributed by atoms with Gasteiger partial charge in [0.15, 0.2) is 0 Å². The number of aryl methyl sites for hydroxylation is 1. The van der Waals surface area contributed by atoms with E-state index in [0.29, 0.717) is 0 Å². The van der Waals surface area contributed by atoms with Crippen LogP contribution in [0.2, 0.25) is 0 Å². The van der Waals surface area contributed by atoms with Gasteiger partial charge in [-0.1, -0.05) is 41.6 Å². The number of rotatable bonds is 5. The van der Waals surface area contributed by atoms with E-state index in [1.807, 2.05) is 31.2 Å². The smallest absolute Gasteiger partial charge is 0.243 e. The van der Waals surface area contributed by atoms with Gasteiger partial charge in [-0.2, -0.15) is 0 Å². The summed E-state index contributed by atoms with van der Waals surface area (Å²) < 4.78 is 0. The zero-order chi connectivity index (χ0) is 18.0. The van der Waals surface area contributed by atoms with Gasteiger partial charge < -0.3 is 9.90 Å². The molecule has 25 heavy (non-hydrogen) atoms. The highest BCUT2D eigenvalue weighted by atomic mass is 32.2. The number of aromatic nitrogens is 1. The Hall–Kier alpha value is -2.67. The molecular formula is C18H15N2O4S-. The minimum atomic E-state index is -1.36. The minimum Gasteiger partial charge on any atom is -0.545 e. The second-order valence-corrected chi connectivity index (χ2v) is 6.95. The number of carboxylic acids is 1. The molecule has 0 unspecified atom stereocenters. The Balaban J connectivity index is 1.75. The van der Waals surface area contributed by atoms with E-state index in [1.54, 1.807) is 0 Å². The zero-order valence-electron chi connectivity index (χ0n) is 13.5. The standard InChI is InChI=1S/C18H16N2O4S/c1-11-4-6-12(7-5-11)10-20-15(21)9-14(17(20)22)25-16-13(18(23)24)3-2-8-19-16/h2-8,14H,9-10H2,1H3,(H,23,24)/p-1/t14-/m0/s1. The Bertz CT molecular complexity index is 835. The van der Waals surface area contributed by atoms with Crippen molar-refractivity contribution in [3.63, 3.8) is 0 Å². The molecule has 0 saturated carbocycles. The predicted octanol–water partition coefficient (Wildman–Crippen LogP) is 1.17. The fourth-order valence-corrected chi connectivity index (χ4v) is 3.69. The highest BCUT2D eigenvalue weighted by Gasteiger charge is 2.39. The van der Waals surface area contributed by atoms with E-state index in [1.165, 1.54) is 23.2 Å².